The molecular formula is C11H17F2N3O2. The number of alkyl halides is 2. The first kappa shape index (κ1) is 14.6. The van der Waals surface area contributed by atoms with E-state index in [0.29, 0.717) is 0 Å². The highest BCUT2D eigenvalue weighted by atomic mass is 19.3. The first-order valence-electron chi connectivity index (χ1n) is 5.68. The van der Waals surface area contributed by atoms with Crippen molar-refractivity contribution >= 4 is 5.82 Å². The Balaban J connectivity index is 3.12. The van der Waals surface area contributed by atoms with Crippen LogP contribution >= 0.6 is 0 Å². The molecule has 1 N–H and O–H groups in total. The zero-order valence-electron chi connectivity index (χ0n) is 10.4. The third-order valence-corrected chi connectivity index (χ3v) is 2.43. The molecule has 0 amide bonds. The van der Waals surface area contributed by atoms with E-state index < -0.39 is 18.5 Å². The van der Waals surface area contributed by atoms with Crippen LogP contribution in [0.3, 0.4) is 0 Å². The van der Waals surface area contributed by atoms with E-state index in [1.54, 1.807) is 0 Å². The number of nitrogens with zero attached hydrogens (tertiary/aromatic N) is 3. The Bertz CT molecular complexity index is 435. The number of hydrogen-bond donors (Lipinski definition) is 1. The van der Waals surface area contributed by atoms with Gasteiger partial charge in [-0.25, -0.2) is 13.8 Å². The van der Waals surface area contributed by atoms with Gasteiger partial charge in [0.25, 0.3) is 12.0 Å². The van der Waals surface area contributed by atoms with Crippen molar-refractivity contribution in [2.75, 3.05) is 24.6 Å². The second kappa shape index (κ2) is 6.44. The number of aliphatic hydroxyl groups excluding tert-OH is 1. The summed E-state index contributed by atoms with van der Waals surface area (Å²) >= 11 is 0. The standard InChI is InChI=1S/C11H17F2N3O2/c1-8(2)16-4-3-14-10(11(16)18)15(5-6-17)7-9(12)13/h3-4,8-9,17H,5-7H2,1-2H3. The van der Waals surface area contributed by atoms with Gasteiger partial charge < -0.3 is 14.6 Å². The molecule has 0 saturated carbocycles. The Labute approximate surface area is 104 Å². The zero-order chi connectivity index (χ0) is 13.7. The lowest BCUT2D eigenvalue weighted by atomic mass is 10.3. The summed E-state index contributed by atoms with van der Waals surface area (Å²) in [5.74, 6) is -0.0550. The van der Waals surface area contributed by atoms with Crippen LogP contribution in [-0.4, -0.2) is 40.8 Å². The molecule has 0 atom stereocenters. The molecule has 0 aliphatic carbocycles. The Morgan fingerprint density at radius 2 is 2.17 bits per heavy atom. The van der Waals surface area contributed by atoms with Crippen molar-refractivity contribution in [1.82, 2.24) is 9.55 Å². The van der Waals surface area contributed by atoms with Crippen molar-refractivity contribution < 1.29 is 13.9 Å². The Hall–Kier alpha value is -1.50. The molecule has 0 radical (unpaired) electrons. The molecule has 102 valence electrons. The molecule has 0 aliphatic heterocycles. The van der Waals surface area contributed by atoms with E-state index in [1.165, 1.54) is 17.0 Å². The molecular weight excluding hydrogens is 244 g/mol. The summed E-state index contributed by atoms with van der Waals surface area (Å²) in [6, 6.07) is -0.0817. The van der Waals surface area contributed by atoms with Crippen LogP contribution in [-0.2, 0) is 0 Å². The number of aliphatic hydroxyl groups is 1. The minimum atomic E-state index is -2.59. The number of hydrogen-bond acceptors (Lipinski definition) is 4. The van der Waals surface area contributed by atoms with E-state index >= 15 is 0 Å². The Morgan fingerprint density at radius 1 is 1.50 bits per heavy atom. The monoisotopic (exact) mass is 261 g/mol. The molecule has 0 aliphatic rings. The van der Waals surface area contributed by atoms with E-state index in [2.05, 4.69) is 4.98 Å². The van der Waals surface area contributed by atoms with Gasteiger partial charge in [-0.3, -0.25) is 4.79 Å². The fourth-order valence-electron chi connectivity index (χ4n) is 1.61. The SMILES string of the molecule is CC(C)n1ccnc(N(CCO)CC(F)F)c1=O. The van der Waals surface area contributed by atoms with E-state index in [9.17, 15) is 13.6 Å². The molecule has 1 aromatic heterocycles. The molecule has 0 bridgehead atoms. The second-order valence-electron chi connectivity index (χ2n) is 4.12. The molecule has 7 heteroatoms. The molecule has 18 heavy (non-hydrogen) atoms. The molecule has 0 spiro atoms. The predicted octanol–water partition coefficient (Wildman–Crippen LogP) is 0.888. The van der Waals surface area contributed by atoms with Crippen molar-refractivity contribution in [1.29, 1.82) is 0 Å². The summed E-state index contributed by atoms with van der Waals surface area (Å²) in [5, 5.41) is 8.86. The van der Waals surface area contributed by atoms with Crippen molar-refractivity contribution in [3.63, 3.8) is 0 Å². The normalized spacial score (nSPS) is 11.3. The molecule has 0 saturated heterocycles. The van der Waals surface area contributed by atoms with Crippen molar-refractivity contribution in [3.8, 4) is 0 Å². The second-order valence-corrected chi connectivity index (χ2v) is 4.12. The van der Waals surface area contributed by atoms with Crippen molar-refractivity contribution in [2.45, 2.75) is 26.3 Å². The minimum absolute atomic E-state index is 0.0469. The summed E-state index contributed by atoms with van der Waals surface area (Å²) in [4.78, 5) is 17.0. The van der Waals surface area contributed by atoms with Gasteiger partial charge in [-0.15, -0.1) is 0 Å². The van der Waals surface area contributed by atoms with Gasteiger partial charge >= 0.3 is 0 Å². The van der Waals surface area contributed by atoms with Crippen LogP contribution in [0.25, 0.3) is 0 Å². The van der Waals surface area contributed by atoms with E-state index in [-0.39, 0.29) is 25.0 Å². The highest BCUT2D eigenvalue weighted by molar-refractivity contribution is 5.35. The first-order chi connectivity index (χ1) is 8.47. The lowest BCUT2D eigenvalue weighted by molar-refractivity contribution is 0.152. The number of halogens is 2. The molecule has 0 unspecified atom stereocenters. The quantitative estimate of drug-likeness (QED) is 0.826. The average molecular weight is 261 g/mol. The summed E-state index contributed by atoms with van der Waals surface area (Å²) in [5.41, 5.74) is -0.429. The van der Waals surface area contributed by atoms with E-state index in [4.69, 9.17) is 5.11 Å². The lowest BCUT2D eigenvalue weighted by Gasteiger charge is -2.22. The van der Waals surface area contributed by atoms with Gasteiger partial charge in [-0.2, -0.15) is 0 Å². The minimum Gasteiger partial charge on any atom is -0.395 e. The van der Waals surface area contributed by atoms with Gasteiger partial charge in [0.2, 0.25) is 0 Å². The predicted molar refractivity (Wildman–Crippen MR) is 64.2 cm³/mol. The van der Waals surface area contributed by atoms with Crippen LogP contribution in [0.15, 0.2) is 17.2 Å². The summed E-state index contributed by atoms with van der Waals surface area (Å²) in [6.45, 7) is 2.65. The van der Waals surface area contributed by atoms with Gasteiger partial charge in [0.15, 0.2) is 5.82 Å². The third kappa shape index (κ3) is 3.49. The summed E-state index contributed by atoms with van der Waals surface area (Å²) < 4.78 is 26.3. The van der Waals surface area contributed by atoms with Crippen LogP contribution in [0, 0.1) is 0 Å². The van der Waals surface area contributed by atoms with Gasteiger partial charge in [-0.05, 0) is 13.8 Å². The molecule has 0 fully saturated rings. The maximum absolute atomic E-state index is 12.4. The average Bonchev–Trinajstić information content (AvgIpc) is 2.27. The molecule has 0 aromatic carbocycles. The van der Waals surface area contributed by atoms with Gasteiger partial charge in [0.05, 0.1) is 13.2 Å². The number of aromatic nitrogens is 2. The lowest BCUT2D eigenvalue weighted by Crippen LogP contribution is -2.38. The van der Waals surface area contributed by atoms with Gasteiger partial charge in [-0.1, -0.05) is 0 Å². The topological polar surface area (TPSA) is 58.4 Å². The molecule has 1 rings (SSSR count). The maximum Gasteiger partial charge on any atom is 0.293 e. The maximum atomic E-state index is 12.4. The Kier molecular flexibility index (Phi) is 5.21. The van der Waals surface area contributed by atoms with Crippen LogP contribution < -0.4 is 10.5 Å². The summed E-state index contributed by atoms with van der Waals surface area (Å²) in [7, 11) is 0. The van der Waals surface area contributed by atoms with Crippen LogP contribution in [0.2, 0.25) is 0 Å². The van der Waals surface area contributed by atoms with Crippen molar-refractivity contribution in [2.24, 2.45) is 0 Å². The van der Waals surface area contributed by atoms with Gasteiger partial charge in [0.1, 0.15) is 0 Å². The smallest absolute Gasteiger partial charge is 0.293 e. The van der Waals surface area contributed by atoms with E-state index in [0.717, 1.165) is 4.90 Å². The third-order valence-electron chi connectivity index (χ3n) is 2.43. The molecule has 5 nitrogen and oxygen atoms in total. The van der Waals surface area contributed by atoms with Gasteiger partial charge in [0, 0.05) is 25.0 Å². The Morgan fingerprint density at radius 3 is 2.67 bits per heavy atom. The highest BCUT2D eigenvalue weighted by Crippen LogP contribution is 2.08. The van der Waals surface area contributed by atoms with Crippen molar-refractivity contribution in [3.05, 3.63) is 22.7 Å². The fourth-order valence-corrected chi connectivity index (χ4v) is 1.61. The van der Waals surface area contributed by atoms with Crippen LogP contribution in [0.5, 0.6) is 0 Å². The highest BCUT2D eigenvalue weighted by Gasteiger charge is 2.18. The number of rotatable bonds is 6. The largest absolute Gasteiger partial charge is 0.395 e. The molecule has 1 aromatic rings. The van der Waals surface area contributed by atoms with Crippen LogP contribution in [0.4, 0.5) is 14.6 Å². The van der Waals surface area contributed by atoms with Crippen LogP contribution in [0.1, 0.15) is 19.9 Å². The fraction of sp³-hybridized carbons (Fsp3) is 0.636. The zero-order valence-corrected chi connectivity index (χ0v) is 10.4. The van der Waals surface area contributed by atoms with E-state index in [1.807, 2.05) is 13.8 Å². The number of anilines is 1. The summed E-state index contributed by atoms with van der Waals surface area (Å²) in [6.07, 6.45) is 0.313. The first-order valence-corrected chi connectivity index (χ1v) is 5.68. The molecule has 1 heterocycles.